The maximum absolute atomic E-state index is 8.61. The summed E-state index contributed by atoms with van der Waals surface area (Å²) >= 11 is 0. The van der Waals surface area contributed by atoms with Crippen molar-refractivity contribution in [3.63, 3.8) is 0 Å². The number of rotatable bonds is 5. The fourth-order valence-electron chi connectivity index (χ4n) is 2.62. The van der Waals surface area contributed by atoms with Gasteiger partial charge in [0.05, 0.1) is 0 Å². The summed E-state index contributed by atoms with van der Waals surface area (Å²) in [6, 6.07) is 7.27. The van der Waals surface area contributed by atoms with Gasteiger partial charge in [-0.25, -0.2) is 0 Å². The van der Waals surface area contributed by atoms with E-state index in [2.05, 4.69) is 17.0 Å². The van der Waals surface area contributed by atoms with Crippen molar-refractivity contribution in [2.24, 2.45) is 16.8 Å². The largest absolute Gasteiger partial charge is 0.492 e. The second kappa shape index (κ2) is 7.88. The lowest BCUT2D eigenvalue weighted by Gasteiger charge is -2.20. The first-order valence-corrected chi connectivity index (χ1v) is 7.62. The third kappa shape index (κ3) is 4.93. The van der Waals surface area contributed by atoms with Crippen LogP contribution < -0.4 is 10.5 Å². The Morgan fingerprint density at radius 3 is 2.81 bits per heavy atom. The summed E-state index contributed by atoms with van der Waals surface area (Å²) in [6.45, 7) is 6.35. The average Bonchev–Trinajstić information content (AvgIpc) is 2.72. The second-order valence-electron chi connectivity index (χ2n) is 5.74. The van der Waals surface area contributed by atoms with Gasteiger partial charge < -0.3 is 15.7 Å². The van der Waals surface area contributed by atoms with Crippen molar-refractivity contribution in [3.05, 3.63) is 29.8 Å². The maximum Gasteiger partial charge on any atom is 0.170 e. The first-order chi connectivity index (χ1) is 10.2. The summed E-state index contributed by atoms with van der Waals surface area (Å²) in [5.41, 5.74) is 6.21. The molecule has 116 valence electrons. The second-order valence-corrected chi connectivity index (χ2v) is 5.74. The number of hydrogen-bond acceptors (Lipinski definition) is 4. The molecule has 5 heteroatoms. The Morgan fingerprint density at radius 2 is 2.10 bits per heavy atom. The number of amidine groups is 1. The van der Waals surface area contributed by atoms with E-state index in [1.807, 2.05) is 12.1 Å². The van der Waals surface area contributed by atoms with Gasteiger partial charge in [-0.05, 0) is 62.5 Å². The van der Waals surface area contributed by atoms with E-state index in [0.717, 1.165) is 18.2 Å². The Morgan fingerprint density at radius 1 is 1.33 bits per heavy atom. The zero-order chi connectivity index (χ0) is 15.1. The maximum atomic E-state index is 8.61. The topological polar surface area (TPSA) is 71.1 Å². The van der Waals surface area contributed by atoms with Crippen molar-refractivity contribution in [3.8, 4) is 5.75 Å². The van der Waals surface area contributed by atoms with E-state index in [9.17, 15) is 0 Å². The third-order valence-corrected chi connectivity index (χ3v) is 4.04. The van der Waals surface area contributed by atoms with Crippen LogP contribution in [0.15, 0.2) is 29.4 Å². The van der Waals surface area contributed by atoms with Gasteiger partial charge in [0.25, 0.3) is 0 Å². The lowest BCUT2D eigenvalue weighted by Crippen LogP contribution is -2.29. The van der Waals surface area contributed by atoms with Crippen molar-refractivity contribution in [2.45, 2.75) is 26.2 Å². The van der Waals surface area contributed by atoms with Crippen molar-refractivity contribution in [1.29, 1.82) is 0 Å². The van der Waals surface area contributed by atoms with Crippen LogP contribution in [0.2, 0.25) is 0 Å². The zero-order valence-electron chi connectivity index (χ0n) is 12.7. The Labute approximate surface area is 126 Å². The minimum absolute atomic E-state index is 0.111. The van der Waals surface area contributed by atoms with E-state index < -0.39 is 0 Å². The van der Waals surface area contributed by atoms with Crippen molar-refractivity contribution < 1.29 is 9.94 Å². The Bertz CT molecular complexity index is 459. The van der Waals surface area contributed by atoms with Crippen LogP contribution in [0.3, 0.4) is 0 Å². The molecule has 0 saturated carbocycles. The average molecular weight is 291 g/mol. The fourth-order valence-corrected chi connectivity index (χ4v) is 2.62. The van der Waals surface area contributed by atoms with Crippen LogP contribution >= 0.6 is 0 Å². The van der Waals surface area contributed by atoms with Crippen LogP contribution in [0.5, 0.6) is 5.75 Å². The van der Waals surface area contributed by atoms with E-state index in [1.165, 1.54) is 32.4 Å². The molecule has 0 bridgehead atoms. The minimum Gasteiger partial charge on any atom is -0.492 e. The molecule has 1 unspecified atom stereocenters. The first-order valence-electron chi connectivity index (χ1n) is 7.62. The molecular formula is C16H25N3O2. The molecule has 1 aromatic rings. The zero-order valence-corrected chi connectivity index (χ0v) is 12.7. The fraction of sp³-hybridized carbons (Fsp3) is 0.562. The molecule has 0 spiro atoms. The van der Waals surface area contributed by atoms with Gasteiger partial charge in [-0.15, -0.1) is 0 Å². The van der Waals surface area contributed by atoms with Crippen LogP contribution in [0.4, 0.5) is 0 Å². The summed E-state index contributed by atoms with van der Waals surface area (Å²) in [5, 5.41) is 11.6. The summed E-state index contributed by atoms with van der Waals surface area (Å²) in [4.78, 5) is 2.48. The SMILES string of the molecule is CC1CCCN(CCOc2ccc(C(N)=NO)cc2)CC1. The number of ether oxygens (including phenoxy) is 1. The molecular weight excluding hydrogens is 266 g/mol. The molecule has 1 fully saturated rings. The molecule has 3 N–H and O–H groups in total. The number of benzene rings is 1. The molecule has 1 heterocycles. The number of likely N-dealkylation sites (tertiary alicyclic amines) is 1. The van der Waals surface area contributed by atoms with E-state index >= 15 is 0 Å². The monoisotopic (exact) mass is 291 g/mol. The number of nitrogens with zero attached hydrogens (tertiary/aromatic N) is 2. The Hall–Kier alpha value is -1.75. The normalized spacial score (nSPS) is 21.0. The Balaban J connectivity index is 1.75. The van der Waals surface area contributed by atoms with E-state index in [4.69, 9.17) is 15.7 Å². The van der Waals surface area contributed by atoms with E-state index in [1.54, 1.807) is 12.1 Å². The van der Waals surface area contributed by atoms with Gasteiger partial charge in [0.2, 0.25) is 0 Å². The smallest absolute Gasteiger partial charge is 0.170 e. The van der Waals surface area contributed by atoms with Crippen LogP contribution in [-0.2, 0) is 0 Å². The van der Waals surface area contributed by atoms with Gasteiger partial charge in [-0.1, -0.05) is 12.1 Å². The van der Waals surface area contributed by atoms with Gasteiger partial charge >= 0.3 is 0 Å². The summed E-state index contributed by atoms with van der Waals surface area (Å²) in [6.07, 6.45) is 3.91. The van der Waals surface area contributed by atoms with Crippen LogP contribution in [0.1, 0.15) is 31.7 Å². The van der Waals surface area contributed by atoms with Crippen molar-refractivity contribution >= 4 is 5.84 Å². The summed E-state index contributed by atoms with van der Waals surface area (Å²) in [5.74, 6) is 1.77. The molecule has 0 aliphatic carbocycles. The summed E-state index contributed by atoms with van der Waals surface area (Å²) in [7, 11) is 0. The highest BCUT2D eigenvalue weighted by molar-refractivity contribution is 5.97. The predicted octanol–water partition coefficient (Wildman–Crippen LogP) is 2.28. The van der Waals surface area contributed by atoms with Crippen molar-refractivity contribution in [2.75, 3.05) is 26.2 Å². The van der Waals surface area contributed by atoms with Gasteiger partial charge in [0.15, 0.2) is 5.84 Å². The van der Waals surface area contributed by atoms with Gasteiger partial charge in [0, 0.05) is 12.1 Å². The first kappa shape index (κ1) is 15.6. The lowest BCUT2D eigenvalue weighted by atomic mass is 10.0. The van der Waals surface area contributed by atoms with Crippen molar-refractivity contribution in [1.82, 2.24) is 4.90 Å². The lowest BCUT2D eigenvalue weighted by molar-refractivity contribution is 0.212. The predicted molar refractivity (Wildman–Crippen MR) is 83.9 cm³/mol. The molecule has 0 amide bonds. The number of oxime groups is 1. The Kier molecular flexibility index (Phi) is 5.87. The highest BCUT2D eigenvalue weighted by atomic mass is 16.5. The van der Waals surface area contributed by atoms with Gasteiger partial charge in [-0.3, -0.25) is 4.90 Å². The quantitative estimate of drug-likeness (QED) is 0.378. The van der Waals surface area contributed by atoms with Gasteiger partial charge in [-0.2, -0.15) is 0 Å². The highest BCUT2D eigenvalue weighted by Gasteiger charge is 2.13. The molecule has 1 saturated heterocycles. The number of hydrogen-bond donors (Lipinski definition) is 2. The van der Waals surface area contributed by atoms with Crippen LogP contribution in [0.25, 0.3) is 0 Å². The molecule has 21 heavy (non-hydrogen) atoms. The molecule has 0 radical (unpaired) electrons. The molecule has 1 aliphatic heterocycles. The standard InChI is InChI=1S/C16H25N3O2/c1-13-3-2-9-19(10-8-13)11-12-21-15-6-4-14(5-7-15)16(17)18-20/h4-7,13,20H,2-3,8-12H2,1H3,(H2,17,18). The van der Waals surface area contributed by atoms with E-state index in [-0.39, 0.29) is 5.84 Å². The van der Waals surface area contributed by atoms with Crippen LogP contribution in [0, 0.1) is 5.92 Å². The molecule has 1 aliphatic rings. The molecule has 1 aromatic carbocycles. The third-order valence-electron chi connectivity index (χ3n) is 4.04. The molecule has 5 nitrogen and oxygen atoms in total. The van der Waals surface area contributed by atoms with E-state index in [0.29, 0.717) is 12.2 Å². The highest BCUT2D eigenvalue weighted by Crippen LogP contribution is 2.16. The molecule has 1 atom stereocenters. The molecule has 2 rings (SSSR count). The van der Waals surface area contributed by atoms with Crippen LogP contribution in [-0.4, -0.2) is 42.2 Å². The number of nitrogens with two attached hydrogens (primary N) is 1. The molecule has 0 aromatic heterocycles. The summed E-state index contributed by atoms with van der Waals surface area (Å²) < 4.78 is 5.76. The van der Waals surface area contributed by atoms with Gasteiger partial charge in [0.1, 0.15) is 12.4 Å². The minimum atomic E-state index is 0.111.